The lowest BCUT2D eigenvalue weighted by molar-refractivity contribution is -0.116. The van der Waals surface area contributed by atoms with Gasteiger partial charge in [0.05, 0.1) is 34.9 Å². The smallest absolute Gasteiger partial charge is 0.234 e. The number of nitrogens with one attached hydrogen (secondary N) is 2. The summed E-state index contributed by atoms with van der Waals surface area (Å²) in [6.07, 6.45) is 1.88. The van der Waals surface area contributed by atoms with Crippen molar-refractivity contribution in [3.05, 3.63) is 81.5 Å². The summed E-state index contributed by atoms with van der Waals surface area (Å²) in [7, 11) is 0. The van der Waals surface area contributed by atoms with Gasteiger partial charge in [-0.15, -0.1) is 0 Å². The van der Waals surface area contributed by atoms with Crippen LogP contribution in [0.2, 0.25) is 0 Å². The van der Waals surface area contributed by atoms with Gasteiger partial charge in [0, 0.05) is 34.5 Å². The lowest BCUT2D eigenvalue weighted by atomic mass is 9.76. The maximum absolute atomic E-state index is 13.0. The third-order valence-corrected chi connectivity index (χ3v) is 7.13. The van der Waals surface area contributed by atoms with Crippen molar-refractivity contribution in [2.45, 2.75) is 39.0 Å². The van der Waals surface area contributed by atoms with Crippen molar-refractivity contribution in [2.75, 3.05) is 17.7 Å². The normalized spacial score (nSPS) is 17.1. The number of para-hydroxylation sites is 1. The van der Waals surface area contributed by atoms with E-state index in [1.807, 2.05) is 31.2 Å². The van der Waals surface area contributed by atoms with Gasteiger partial charge in [0.1, 0.15) is 5.75 Å². The van der Waals surface area contributed by atoms with Crippen LogP contribution in [0.25, 0.3) is 0 Å². The minimum Gasteiger partial charge on any atom is -0.494 e. The molecule has 0 aromatic heterocycles. The minimum atomic E-state index is -0.550. The molecule has 0 spiro atoms. The Kier molecular flexibility index (Phi) is 7.91. The molecule has 1 aliphatic heterocycles. The summed E-state index contributed by atoms with van der Waals surface area (Å²) in [5.74, 6) is -0.0969. The van der Waals surface area contributed by atoms with Gasteiger partial charge < -0.3 is 15.4 Å². The second-order valence-corrected chi connectivity index (χ2v) is 9.51. The standard InChI is InChI=1S/C28H27N3O4S/c1-3-35-24-10-5-4-7-20(24)26-21(15-29)28(31-22-8-6-9-23(33)27(22)26)36-16-25(34)30-19-13-11-18(12-14-19)17(2)32/h4-5,7,10-14,26,31H,3,6,8-9,16H2,1-2H3,(H,30,34)/t26-/m0/s1. The molecule has 2 aliphatic rings. The van der Waals surface area contributed by atoms with Crippen LogP contribution in [0.1, 0.15) is 54.9 Å². The highest BCUT2D eigenvalue weighted by Crippen LogP contribution is 2.46. The van der Waals surface area contributed by atoms with Crippen molar-refractivity contribution in [1.82, 2.24) is 5.32 Å². The monoisotopic (exact) mass is 501 g/mol. The molecule has 0 saturated heterocycles. The number of dihydropyridines is 1. The van der Waals surface area contributed by atoms with Crippen molar-refractivity contribution in [2.24, 2.45) is 0 Å². The quantitative estimate of drug-likeness (QED) is 0.485. The van der Waals surface area contributed by atoms with Crippen molar-refractivity contribution in [3.8, 4) is 11.8 Å². The number of nitriles is 1. The van der Waals surface area contributed by atoms with E-state index in [-0.39, 0.29) is 23.2 Å². The van der Waals surface area contributed by atoms with E-state index in [1.165, 1.54) is 18.7 Å². The summed E-state index contributed by atoms with van der Waals surface area (Å²) in [6.45, 7) is 3.84. The molecule has 2 aromatic rings. The maximum atomic E-state index is 13.0. The summed E-state index contributed by atoms with van der Waals surface area (Å²) in [5, 5.41) is 16.9. The molecule has 0 saturated carbocycles. The highest BCUT2D eigenvalue weighted by atomic mass is 32.2. The van der Waals surface area contributed by atoms with Crippen molar-refractivity contribution >= 4 is 34.9 Å². The highest BCUT2D eigenvalue weighted by molar-refractivity contribution is 8.03. The van der Waals surface area contributed by atoms with Gasteiger partial charge in [0.15, 0.2) is 11.6 Å². The number of hydrogen-bond donors (Lipinski definition) is 2. The molecule has 7 nitrogen and oxygen atoms in total. The molecule has 0 fully saturated rings. The topological polar surface area (TPSA) is 108 Å². The predicted octanol–water partition coefficient (Wildman–Crippen LogP) is 5.09. The second kappa shape index (κ2) is 11.3. The Morgan fingerprint density at radius 3 is 2.61 bits per heavy atom. The summed E-state index contributed by atoms with van der Waals surface area (Å²) in [5.41, 5.74) is 3.76. The Bertz CT molecular complexity index is 1300. The van der Waals surface area contributed by atoms with Crippen LogP contribution in [-0.2, 0) is 9.59 Å². The van der Waals surface area contributed by atoms with Gasteiger partial charge in [-0.2, -0.15) is 5.26 Å². The largest absolute Gasteiger partial charge is 0.494 e. The number of benzene rings is 2. The Morgan fingerprint density at radius 1 is 1.17 bits per heavy atom. The third kappa shape index (κ3) is 5.37. The fourth-order valence-corrected chi connectivity index (χ4v) is 5.34. The number of carbonyl (C=O) groups is 3. The Morgan fingerprint density at radius 2 is 1.92 bits per heavy atom. The van der Waals surface area contributed by atoms with Crippen LogP contribution in [0.3, 0.4) is 0 Å². The summed E-state index contributed by atoms with van der Waals surface area (Å²) in [4.78, 5) is 37.2. The molecule has 1 heterocycles. The number of ketones is 2. The molecule has 1 amide bonds. The van der Waals surface area contributed by atoms with E-state index < -0.39 is 5.92 Å². The number of allylic oxidation sites excluding steroid dienone is 3. The van der Waals surface area contributed by atoms with Crippen LogP contribution < -0.4 is 15.4 Å². The fraction of sp³-hybridized carbons (Fsp3) is 0.286. The highest BCUT2D eigenvalue weighted by Gasteiger charge is 2.38. The molecule has 0 bridgehead atoms. The molecule has 0 unspecified atom stereocenters. The number of thioether (sulfide) groups is 1. The third-order valence-electron chi connectivity index (χ3n) is 6.12. The number of rotatable bonds is 8. The number of nitrogens with zero attached hydrogens (tertiary/aromatic N) is 1. The molecule has 2 aromatic carbocycles. The number of carbonyl (C=O) groups excluding carboxylic acids is 3. The lowest BCUT2D eigenvalue weighted by Crippen LogP contribution is -2.32. The van der Waals surface area contributed by atoms with Crippen molar-refractivity contribution in [3.63, 3.8) is 0 Å². The zero-order chi connectivity index (χ0) is 25.7. The molecule has 0 radical (unpaired) electrons. The van der Waals surface area contributed by atoms with Gasteiger partial charge >= 0.3 is 0 Å². The molecule has 184 valence electrons. The average molecular weight is 502 g/mol. The number of anilines is 1. The molecule has 1 aliphatic carbocycles. The Hall–Kier alpha value is -3.83. The average Bonchev–Trinajstić information content (AvgIpc) is 2.87. The Labute approximate surface area is 214 Å². The molecular weight excluding hydrogens is 474 g/mol. The van der Waals surface area contributed by atoms with Gasteiger partial charge in [-0.25, -0.2) is 0 Å². The van der Waals surface area contributed by atoms with Gasteiger partial charge in [-0.3, -0.25) is 14.4 Å². The van der Waals surface area contributed by atoms with E-state index in [0.29, 0.717) is 52.6 Å². The van der Waals surface area contributed by atoms with E-state index in [0.717, 1.165) is 17.7 Å². The van der Waals surface area contributed by atoms with Crippen molar-refractivity contribution < 1.29 is 19.1 Å². The SMILES string of the molecule is CCOc1ccccc1[C@H]1C(C#N)=C(SCC(=O)Nc2ccc(C(C)=O)cc2)NC2=C1C(=O)CCC2. The summed E-state index contributed by atoms with van der Waals surface area (Å²) >= 11 is 1.23. The van der Waals surface area contributed by atoms with Gasteiger partial charge in [0.2, 0.25) is 5.91 Å². The first-order chi connectivity index (χ1) is 17.4. The number of ether oxygens (including phenoxy) is 1. The first-order valence-electron chi connectivity index (χ1n) is 11.9. The first-order valence-corrected chi connectivity index (χ1v) is 12.8. The van der Waals surface area contributed by atoms with E-state index >= 15 is 0 Å². The van der Waals surface area contributed by atoms with Crippen LogP contribution in [0.4, 0.5) is 5.69 Å². The maximum Gasteiger partial charge on any atom is 0.234 e. The van der Waals surface area contributed by atoms with E-state index in [4.69, 9.17) is 4.74 Å². The summed E-state index contributed by atoms with van der Waals surface area (Å²) < 4.78 is 5.84. The van der Waals surface area contributed by atoms with Gasteiger partial charge in [-0.1, -0.05) is 30.0 Å². The molecule has 36 heavy (non-hydrogen) atoms. The van der Waals surface area contributed by atoms with Gasteiger partial charge in [-0.05, 0) is 57.0 Å². The summed E-state index contributed by atoms with van der Waals surface area (Å²) in [6, 6.07) is 16.5. The van der Waals surface area contributed by atoms with E-state index in [1.54, 1.807) is 24.3 Å². The van der Waals surface area contributed by atoms with Gasteiger partial charge in [0.25, 0.3) is 0 Å². The zero-order valence-electron chi connectivity index (χ0n) is 20.2. The molecule has 8 heteroatoms. The minimum absolute atomic E-state index is 0.0311. The number of Topliss-reactive ketones (excluding diaryl/α,β-unsaturated/α-hetero) is 2. The van der Waals surface area contributed by atoms with Crippen molar-refractivity contribution in [1.29, 1.82) is 5.26 Å². The second-order valence-electron chi connectivity index (χ2n) is 8.52. The molecule has 1 atom stereocenters. The predicted molar refractivity (Wildman–Crippen MR) is 140 cm³/mol. The van der Waals surface area contributed by atoms with Crippen LogP contribution in [0.15, 0.2) is 70.4 Å². The molecule has 2 N–H and O–H groups in total. The molecular formula is C28H27N3O4S. The molecule has 4 rings (SSSR count). The fourth-order valence-electron chi connectivity index (χ4n) is 4.48. The van der Waals surface area contributed by atoms with E-state index in [9.17, 15) is 19.6 Å². The lowest BCUT2D eigenvalue weighted by Gasteiger charge is -2.33. The van der Waals surface area contributed by atoms with Crippen LogP contribution in [-0.4, -0.2) is 29.8 Å². The van der Waals surface area contributed by atoms with Crippen LogP contribution in [0.5, 0.6) is 5.75 Å². The van der Waals surface area contributed by atoms with Crippen LogP contribution >= 0.6 is 11.8 Å². The zero-order valence-corrected chi connectivity index (χ0v) is 21.0. The number of amides is 1. The first kappa shape index (κ1) is 25.3. The Balaban J connectivity index is 1.61. The van der Waals surface area contributed by atoms with Crippen LogP contribution in [0, 0.1) is 11.3 Å². The number of hydrogen-bond acceptors (Lipinski definition) is 7. The van der Waals surface area contributed by atoms with E-state index in [2.05, 4.69) is 16.7 Å².